The SMILES string of the molecule is CN(Cc1csc(Br)c1)C(=O)N1CCOCC1. The Morgan fingerprint density at radius 1 is 1.59 bits per heavy atom. The van der Waals surface area contributed by atoms with Crippen LogP contribution in [0.4, 0.5) is 4.79 Å². The Kier molecular flexibility index (Phi) is 4.42. The monoisotopic (exact) mass is 318 g/mol. The minimum atomic E-state index is 0.0793. The molecule has 0 unspecified atom stereocenters. The molecule has 1 saturated heterocycles. The number of morpholine rings is 1. The molecule has 1 aromatic heterocycles. The first-order valence-corrected chi connectivity index (χ1v) is 7.15. The maximum Gasteiger partial charge on any atom is 0.320 e. The van der Waals surface area contributed by atoms with E-state index in [-0.39, 0.29) is 6.03 Å². The van der Waals surface area contributed by atoms with E-state index in [1.165, 1.54) is 0 Å². The molecule has 1 aromatic rings. The van der Waals surface area contributed by atoms with Crippen LogP contribution in [-0.4, -0.2) is 49.2 Å². The second-order valence-corrected chi connectivity index (χ2v) is 6.29. The van der Waals surface area contributed by atoms with Gasteiger partial charge >= 0.3 is 6.03 Å². The van der Waals surface area contributed by atoms with Crippen molar-refractivity contribution in [3.63, 3.8) is 0 Å². The van der Waals surface area contributed by atoms with E-state index in [1.807, 2.05) is 18.0 Å². The Morgan fingerprint density at radius 2 is 2.29 bits per heavy atom. The van der Waals surface area contributed by atoms with Crippen LogP contribution in [0, 0.1) is 0 Å². The van der Waals surface area contributed by atoms with Crippen LogP contribution < -0.4 is 0 Å². The molecule has 0 aliphatic carbocycles. The van der Waals surface area contributed by atoms with Gasteiger partial charge in [-0.3, -0.25) is 0 Å². The van der Waals surface area contributed by atoms with E-state index >= 15 is 0 Å². The van der Waals surface area contributed by atoms with Crippen molar-refractivity contribution in [2.75, 3.05) is 33.4 Å². The standard InChI is InChI=1S/C11H15BrN2O2S/c1-13(7-9-6-10(12)17-8-9)11(15)14-2-4-16-5-3-14/h6,8H,2-5,7H2,1H3. The number of thiophene rings is 1. The van der Waals surface area contributed by atoms with Crippen LogP contribution in [0.5, 0.6) is 0 Å². The predicted octanol–water partition coefficient (Wildman–Crippen LogP) is 2.39. The quantitative estimate of drug-likeness (QED) is 0.838. The van der Waals surface area contributed by atoms with E-state index in [0.717, 1.165) is 9.35 Å². The fourth-order valence-electron chi connectivity index (χ4n) is 1.77. The smallest absolute Gasteiger partial charge is 0.320 e. The van der Waals surface area contributed by atoms with E-state index in [1.54, 1.807) is 16.2 Å². The summed E-state index contributed by atoms with van der Waals surface area (Å²) in [4.78, 5) is 15.7. The highest BCUT2D eigenvalue weighted by molar-refractivity contribution is 9.11. The molecule has 4 nitrogen and oxygen atoms in total. The van der Waals surface area contributed by atoms with Crippen molar-refractivity contribution in [2.45, 2.75) is 6.54 Å². The van der Waals surface area contributed by atoms with Gasteiger partial charge < -0.3 is 14.5 Å². The number of urea groups is 1. The number of carbonyl (C=O) groups excluding carboxylic acids is 1. The van der Waals surface area contributed by atoms with Crippen LogP contribution in [-0.2, 0) is 11.3 Å². The Balaban J connectivity index is 1.90. The lowest BCUT2D eigenvalue weighted by Gasteiger charge is -2.30. The molecule has 2 heterocycles. The average molecular weight is 319 g/mol. The molecule has 0 radical (unpaired) electrons. The highest BCUT2D eigenvalue weighted by Crippen LogP contribution is 2.21. The molecule has 1 aliphatic heterocycles. The van der Waals surface area contributed by atoms with Crippen molar-refractivity contribution in [3.05, 3.63) is 20.8 Å². The molecule has 1 fully saturated rings. The lowest BCUT2D eigenvalue weighted by Crippen LogP contribution is -2.46. The Morgan fingerprint density at radius 3 is 2.88 bits per heavy atom. The summed E-state index contributed by atoms with van der Waals surface area (Å²) in [5.41, 5.74) is 1.16. The fraction of sp³-hybridized carbons (Fsp3) is 0.545. The van der Waals surface area contributed by atoms with Crippen LogP contribution in [0.3, 0.4) is 0 Å². The van der Waals surface area contributed by atoms with Crippen molar-refractivity contribution in [1.29, 1.82) is 0 Å². The molecule has 0 aromatic carbocycles. The molecule has 0 atom stereocenters. The second kappa shape index (κ2) is 5.84. The lowest BCUT2D eigenvalue weighted by molar-refractivity contribution is 0.0448. The molecule has 17 heavy (non-hydrogen) atoms. The Labute approximate surface area is 113 Å². The Hall–Kier alpha value is -0.590. The molecule has 0 saturated carbocycles. The molecular formula is C11H15BrN2O2S. The van der Waals surface area contributed by atoms with E-state index in [0.29, 0.717) is 32.8 Å². The van der Waals surface area contributed by atoms with E-state index < -0.39 is 0 Å². The summed E-state index contributed by atoms with van der Waals surface area (Å²) in [6, 6.07) is 2.13. The lowest BCUT2D eigenvalue weighted by atomic mass is 10.3. The van der Waals surface area contributed by atoms with Crippen LogP contribution in [0.2, 0.25) is 0 Å². The van der Waals surface area contributed by atoms with Crippen molar-refractivity contribution < 1.29 is 9.53 Å². The van der Waals surface area contributed by atoms with Gasteiger partial charge in [0.2, 0.25) is 0 Å². The zero-order valence-corrected chi connectivity index (χ0v) is 12.1. The number of hydrogen-bond donors (Lipinski definition) is 0. The number of rotatable bonds is 2. The summed E-state index contributed by atoms with van der Waals surface area (Å²) in [5, 5.41) is 2.06. The van der Waals surface area contributed by atoms with Crippen molar-refractivity contribution >= 4 is 33.3 Å². The van der Waals surface area contributed by atoms with Gasteiger partial charge in [0.1, 0.15) is 0 Å². The van der Waals surface area contributed by atoms with Gasteiger partial charge in [0, 0.05) is 26.7 Å². The summed E-state index contributed by atoms with van der Waals surface area (Å²) in [6.45, 7) is 3.32. The fourth-order valence-corrected chi connectivity index (χ4v) is 2.97. The zero-order valence-electron chi connectivity index (χ0n) is 9.69. The zero-order chi connectivity index (χ0) is 12.3. The molecular weight excluding hydrogens is 304 g/mol. The van der Waals surface area contributed by atoms with E-state index in [2.05, 4.69) is 21.3 Å². The molecule has 2 amide bonds. The summed E-state index contributed by atoms with van der Waals surface area (Å²) >= 11 is 5.06. The van der Waals surface area contributed by atoms with E-state index in [9.17, 15) is 4.79 Å². The van der Waals surface area contributed by atoms with Crippen molar-refractivity contribution in [1.82, 2.24) is 9.80 Å². The molecule has 6 heteroatoms. The topological polar surface area (TPSA) is 32.8 Å². The van der Waals surface area contributed by atoms with Gasteiger partial charge in [0.05, 0.1) is 17.0 Å². The number of amides is 2. The molecule has 0 N–H and O–H groups in total. The maximum atomic E-state index is 12.1. The number of hydrogen-bond acceptors (Lipinski definition) is 3. The molecule has 1 aliphatic rings. The van der Waals surface area contributed by atoms with Gasteiger partial charge in [-0.05, 0) is 32.9 Å². The van der Waals surface area contributed by atoms with Crippen LogP contribution in [0.25, 0.3) is 0 Å². The summed E-state index contributed by atoms with van der Waals surface area (Å²) in [7, 11) is 1.84. The second-order valence-electron chi connectivity index (χ2n) is 4.00. The highest BCUT2D eigenvalue weighted by atomic mass is 79.9. The van der Waals surface area contributed by atoms with Crippen LogP contribution in [0.15, 0.2) is 15.2 Å². The molecule has 0 bridgehead atoms. The van der Waals surface area contributed by atoms with Gasteiger partial charge in [-0.2, -0.15) is 0 Å². The largest absolute Gasteiger partial charge is 0.378 e. The van der Waals surface area contributed by atoms with Crippen molar-refractivity contribution in [2.24, 2.45) is 0 Å². The number of nitrogens with zero attached hydrogens (tertiary/aromatic N) is 2. The highest BCUT2D eigenvalue weighted by Gasteiger charge is 2.20. The number of carbonyl (C=O) groups is 1. The van der Waals surface area contributed by atoms with Crippen LogP contribution in [0.1, 0.15) is 5.56 Å². The van der Waals surface area contributed by atoms with E-state index in [4.69, 9.17) is 4.74 Å². The van der Waals surface area contributed by atoms with Gasteiger partial charge in [0.15, 0.2) is 0 Å². The molecule has 2 rings (SSSR count). The van der Waals surface area contributed by atoms with Crippen LogP contribution >= 0.6 is 27.3 Å². The first-order chi connectivity index (χ1) is 8.16. The number of ether oxygens (including phenoxy) is 1. The summed E-state index contributed by atoms with van der Waals surface area (Å²) in [5.74, 6) is 0. The summed E-state index contributed by atoms with van der Waals surface area (Å²) in [6.07, 6.45) is 0. The van der Waals surface area contributed by atoms with Gasteiger partial charge in [0.25, 0.3) is 0 Å². The number of halogens is 1. The predicted molar refractivity (Wildman–Crippen MR) is 71.3 cm³/mol. The summed E-state index contributed by atoms with van der Waals surface area (Å²) < 4.78 is 6.33. The first kappa shape index (κ1) is 12.9. The molecule has 0 spiro atoms. The third-order valence-electron chi connectivity index (χ3n) is 2.65. The van der Waals surface area contributed by atoms with Gasteiger partial charge in [-0.1, -0.05) is 0 Å². The van der Waals surface area contributed by atoms with Gasteiger partial charge in [-0.25, -0.2) is 4.79 Å². The Bertz CT molecular complexity index is 391. The molecule has 94 valence electrons. The first-order valence-electron chi connectivity index (χ1n) is 5.47. The minimum Gasteiger partial charge on any atom is -0.378 e. The third-order valence-corrected chi connectivity index (χ3v) is 4.20. The third kappa shape index (κ3) is 3.43. The minimum absolute atomic E-state index is 0.0793. The van der Waals surface area contributed by atoms with Crippen molar-refractivity contribution in [3.8, 4) is 0 Å². The maximum absolute atomic E-state index is 12.1. The average Bonchev–Trinajstić information content (AvgIpc) is 2.75. The normalized spacial score (nSPS) is 16.0. The van der Waals surface area contributed by atoms with Gasteiger partial charge in [-0.15, -0.1) is 11.3 Å².